The Labute approximate surface area is 227 Å². The molecule has 0 aliphatic rings. The molecule has 9 heteroatoms. The van der Waals surface area contributed by atoms with Crippen molar-refractivity contribution in [3.8, 4) is 10.4 Å². The van der Waals surface area contributed by atoms with Gasteiger partial charge in [0.15, 0.2) is 0 Å². The van der Waals surface area contributed by atoms with Gasteiger partial charge >= 0.3 is 5.97 Å². The van der Waals surface area contributed by atoms with Crippen molar-refractivity contribution in [1.82, 2.24) is 9.62 Å². The van der Waals surface area contributed by atoms with E-state index in [0.717, 1.165) is 22.1 Å². The number of likely N-dealkylation sites (N-methyl/N-ethyl adjacent to an activating group) is 1. The number of aliphatic hydroxyl groups excluding tert-OH is 1. The zero-order chi connectivity index (χ0) is 27.5. The number of nitrogens with zero attached hydrogens (tertiary/aromatic N) is 1. The van der Waals surface area contributed by atoms with E-state index < -0.39 is 22.1 Å². The van der Waals surface area contributed by atoms with Crippen LogP contribution >= 0.6 is 11.3 Å². The number of rotatable bonds is 11. The number of aliphatic hydroxyl groups is 1. The number of carboxylic acids is 1. The fraction of sp³-hybridized carbons (Fsp3) is 0.276. The van der Waals surface area contributed by atoms with Gasteiger partial charge in [-0.3, -0.25) is 0 Å². The van der Waals surface area contributed by atoms with Crippen LogP contribution in [0, 0.1) is 0 Å². The monoisotopic (exact) mass is 552 g/mol. The highest BCUT2D eigenvalue weighted by Crippen LogP contribution is 2.30. The largest absolute Gasteiger partial charge is 0.477 e. The summed E-state index contributed by atoms with van der Waals surface area (Å²) >= 11 is 1.09. The van der Waals surface area contributed by atoms with E-state index in [2.05, 4.69) is 49.5 Å². The van der Waals surface area contributed by atoms with Crippen molar-refractivity contribution in [3.05, 3.63) is 89.3 Å². The van der Waals surface area contributed by atoms with Crippen molar-refractivity contribution in [2.24, 2.45) is 0 Å². The van der Waals surface area contributed by atoms with Gasteiger partial charge in [0.1, 0.15) is 4.88 Å². The molecule has 3 aromatic carbocycles. The molecule has 0 radical (unpaired) electrons. The minimum absolute atomic E-state index is 0.0756. The molecule has 0 fully saturated rings. The van der Waals surface area contributed by atoms with Crippen molar-refractivity contribution >= 4 is 38.1 Å². The molecular formula is C29H32N2O5S2. The van der Waals surface area contributed by atoms with Crippen molar-refractivity contribution in [2.75, 3.05) is 20.1 Å². The van der Waals surface area contributed by atoms with Crippen LogP contribution in [0.25, 0.3) is 21.2 Å². The number of thiophene rings is 1. The lowest BCUT2D eigenvalue weighted by Gasteiger charge is -2.29. The summed E-state index contributed by atoms with van der Waals surface area (Å²) in [6.45, 7) is 4.27. The molecule has 1 heterocycles. The van der Waals surface area contributed by atoms with E-state index in [1.54, 1.807) is 18.2 Å². The molecule has 4 aromatic rings. The van der Waals surface area contributed by atoms with Crippen molar-refractivity contribution in [2.45, 2.75) is 36.8 Å². The van der Waals surface area contributed by atoms with E-state index in [9.17, 15) is 23.4 Å². The normalized spacial score (nSPS) is 13.2. The number of sulfonamides is 1. The fourth-order valence-electron chi connectivity index (χ4n) is 4.37. The predicted molar refractivity (Wildman–Crippen MR) is 152 cm³/mol. The van der Waals surface area contributed by atoms with Crippen LogP contribution in [0.2, 0.25) is 0 Å². The summed E-state index contributed by atoms with van der Waals surface area (Å²) in [5, 5.41) is 25.6. The number of aromatic carboxylic acids is 1. The van der Waals surface area contributed by atoms with Crippen LogP contribution in [0.3, 0.4) is 0 Å². The van der Waals surface area contributed by atoms with Crippen LogP contribution < -0.4 is 5.32 Å². The Bertz CT molecular complexity index is 1550. The van der Waals surface area contributed by atoms with Gasteiger partial charge in [0.25, 0.3) is 0 Å². The standard InChI is InChI=1S/C29H32N2O5S2/c1-29(2,17-20-11-12-21-7-4-5-8-22(21)15-20)30-18-24(32)19-31(3)38(35,36)25-10-6-9-23(16-25)26-13-14-27(37-26)28(33)34/h4-16,24,30,32H,17-19H2,1-3H3,(H,33,34). The SMILES string of the molecule is CN(CC(O)CNC(C)(C)Cc1ccc2ccccc2c1)S(=O)(=O)c1cccc(-c2ccc(C(=O)O)s2)c1. The Morgan fingerprint density at radius 2 is 1.74 bits per heavy atom. The third-order valence-electron chi connectivity index (χ3n) is 6.39. The molecule has 200 valence electrons. The van der Waals surface area contributed by atoms with E-state index >= 15 is 0 Å². The Balaban J connectivity index is 1.37. The summed E-state index contributed by atoms with van der Waals surface area (Å²) in [6, 6.07) is 24.1. The Morgan fingerprint density at radius 1 is 1.00 bits per heavy atom. The molecule has 4 rings (SSSR count). The highest BCUT2D eigenvalue weighted by atomic mass is 32.2. The highest BCUT2D eigenvalue weighted by Gasteiger charge is 2.25. The molecule has 1 atom stereocenters. The number of β-amino-alcohol motifs (C(OH)–C–C–N with tert-alkyl or cyclic N) is 1. The maximum absolute atomic E-state index is 13.2. The molecule has 0 bridgehead atoms. The first kappa shape index (κ1) is 27.9. The first-order valence-corrected chi connectivity index (χ1v) is 14.5. The molecule has 3 N–H and O–H groups in total. The van der Waals surface area contributed by atoms with Gasteiger partial charge in [-0.15, -0.1) is 11.3 Å². The zero-order valence-electron chi connectivity index (χ0n) is 21.6. The smallest absolute Gasteiger partial charge is 0.345 e. The van der Waals surface area contributed by atoms with Gasteiger partial charge in [0, 0.05) is 30.6 Å². The average molecular weight is 553 g/mol. The third kappa shape index (κ3) is 6.67. The molecule has 0 aliphatic carbocycles. The summed E-state index contributed by atoms with van der Waals surface area (Å²) < 4.78 is 27.6. The lowest BCUT2D eigenvalue weighted by atomic mass is 9.93. The minimum atomic E-state index is -3.86. The van der Waals surface area contributed by atoms with Gasteiger partial charge in [-0.05, 0) is 66.4 Å². The molecule has 0 saturated heterocycles. The Kier molecular flexibility index (Phi) is 8.34. The predicted octanol–water partition coefficient (Wildman–Crippen LogP) is 4.86. The zero-order valence-corrected chi connectivity index (χ0v) is 23.2. The second-order valence-corrected chi connectivity index (χ2v) is 13.2. The van der Waals surface area contributed by atoms with E-state index in [0.29, 0.717) is 10.4 Å². The van der Waals surface area contributed by atoms with Crippen LogP contribution in [0.4, 0.5) is 0 Å². The third-order valence-corrected chi connectivity index (χ3v) is 9.33. The molecule has 7 nitrogen and oxygen atoms in total. The van der Waals surface area contributed by atoms with Crippen LogP contribution in [0.5, 0.6) is 0 Å². The molecular weight excluding hydrogens is 520 g/mol. The quantitative estimate of drug-likeness (QED) is 0.245. The summed E-state index contributed by atoms with van der Waals surface area (Å²) in [5.74, 6) is -1.02. The Hall–Kier alpha value is -3.08. The topological polar surface area (TPSA) is 107 Å². The van der Waals surface area contributed by atoms with Crippen LogP contribution in [0.15, 0.2) is 83.8 Å². The van der Waals surface area contributed by atoms with E-state index in [4.69, 9.17) is 0 Å². The fourth-order valence-corrected chi connectivity index (χ4v) is 6.47. The molecule has 0 spiro atoms. The lowest BCUT2D eigenvalue weighted by molar-refractivity contribution is 0.0702. The van der Waals surface area contributed by atoms with Gasteiger partial charge in [0.2, 0.25) is 10.0 Å². The Morgan fingerprint density at radius 3 is 2.45 bits per heavy atom. The second-order valence-electron chi connectivity index (χ2n) is 10.1. The van der Waals surface area contributed by atoms with Crippen LogP contribution in [0.1, 0.15) is 29.1 Å². The molecule has 0 saturated carbocycles. The average Bonchev–Trinajstić information content (AvgIpc) is 3.38. The first-order chi connectivity index (χ1) is 17.9. The number of hydrogen-bond acceptors (Lipinski definition) is 6. The number of carboxylic acid groups (broad SMARTS) is 1. The number of nitrogens with one attached hydrogen (secondary N) is 1. The van der Waals surface area contributed by atoms with Gasteiger partial charge in [0.05, 0.1) is 11.0 Å². The first-order valence-electron chi connectivity index (χ1n) is 12.3. The summed E-state index contributed by atoms with van der Waals surface area (Å²) in [7, 11) is -2.42. The molecule has 0 amide bonds. The van der Waals surface area contributed by atoms with E-state index in [1.807, 2.05) is 12.1 Å². The van der Waals surface area contributed by atoms with Gasteiger partial charge in [-0.2, -0.15) is 4.31 Å². The maximum atomic E-state index is 13.2. The van der Waals surface area contributed by atoms with Crippen LogP contribution in [-0.4, -0.2) is 60.7 Å². The van der Waals surface area contributed by atoms with E-state index in [1.165, 1.54) is 41.6 Å². The molecule has 38 heavy (non-hydrogen) atoms. The van der Waals surface area contributed by atoms with Crippen LogP contribution in [-0.2, 0) is 16.4 Å². The molecule has 1 unspecified atom stereocenters. The lowest BCUT2D eigenvalue weighted by Crippen LogP contribution is -2.47. The van der Waals surface area contributed by atoms with Gasteiger partial charge < -0.3 is 15.5 Å². The number of fused-ring (bicyclic) bond motifs is 1. The maximum Gasteiger partial charge on any atom is 0.345 e. The number of carbonyl (C=O) groups is 1. The van der Waals surface area contributed by atoms with Crippen molar-refractivity contribution < 1.29 is 23.4 Å². The number of benzene rings is 3. The molecule has 0 aliphatic heterocycles. The minimum Gasteiger partial charge on any atom is -0.477 e. The summed E-state index contributed by atoms with van der Waals surface area (Å²) in [4.78, 5) is 12.1. The van der Waals surface area contributed by atoms with Gasteiger partial charge in [-0.1, -0.05) is 54.6 Å². The van der Waals surface area contributed by atoms with E-state index in [-0.39, 0.29) is 28.4 Å². The van der Waals surface area contributed by atoms with Crippen molar-refractivity contribution in [1.29, 1.82) is 0 Å². The summed E-state index contributed by atoms with van der Waals surface area (Å²) in [5.41, 5.74) is 1.48. The van der Waals surface area contributed by atoms with Crippen molar-refractivity contribution in [3.63, 3.8) is 0 Å². The van der Waals surface area contributed by atoms with Gasteiger partial charge in [-0.25, -0.2) is 13.2 Å². The molecule has 1 aromatic heterocycles. The highest BCUT2D eigenvalue weighted by molar-refractivity contribution is 7.89. The second kappa shape index (κ2) is 11.3. The number of hydrogen-bond donors (Lipinski definition) is 3. The summed E-state index contributed by atoms with van der Waals surface area (Å²) in [6.07, 6.45) is -0.165.